The van der Waals surface area contributed by atoms with Crippen molar-refractivity contribution in [2.45, 2.75) is 26.2 Å². The minimum absolute atomic E-state index is 0.0439. The molecule has 1 amide bonds. The molecule has 134 valence electrons. The van der Waals surface area contributed by atoms with Crippen LogP contribution in [0.2, 0.25) is 0 Å². The largest absolute Gasteiger partial charge is 0.316 e. The van der Waals surface area contributed by atoms with Gasteiger partial charge in [0.15, 0.2) is 0 Å². The molecule has 0 radical (unpaired) electrons. The predicted molar refractivity (Wildman–Crippen MR) is 103 cm³/mol. The fraction of sp³-hybridized carbons (Fsp3) is 0.250. The summed E-state index contributed by atoms with van der Waals surface area (Å²) in [4.78, 5) is 42.2. The van der Waals surface area contributed by atoms with Crippen molar-refractivity contribution in [1.82, 2.24) is 9.97 Å². The van der Waals surface area contributed by atoms with Gasteiger partial charge < -0.3 is 14.9 Å². The summed E-state index contributed by atoms with van der Waals surface area (Å²) in [6.07, 6.45) is 0. The van der Waals surface area contributed by atoms with Crippen molar-refractivity contribution in [3.63, 3.8) is 0 Å². The quantitative estimate of drug-likeness (QED) is 0.696. The van der Waals surface area contributed by atoms with Gasteiger partial charge in [-0.3, -0.25) is 14.4 Å². The third kappa shape index (κ3) is 3.31. The molecular formula is C20H21N3O3. The van der Waals surface area contributed by atoms with Gasteiger partial charge in [-0.2, -0.15) is 0 Å². The van der Waals surface area contributed by atoms with Gasteiger partial charge in [-0.25, -0.2) is 0 Å². The summed E-state index contributed by atoms with van der Waals surface area (Å²) in [5.41, 5.74) is 1.86. The summed E-state index contributed by atoms with van der Waals surface area (Å²) < 4.78 is 0. The van der Waals surface area contributed by atoms with Crippen molar-refractivity contribution in [1.29, 1.82) is 0 Å². The number of carbonyl (C=O) groups is 1. The van der Waals surface area contributed by atoms with Gasteiger partial charge in [0.2, 0.25) is 0 Å². The van der Waals surface area contributed by atoms with Gasteiger partial charge >= 0.3 is 11.1 Å². The summed E-state index contributed by atoms with van der Waals surface area (Å²) in [7, 11) is 1.70. The molecule has 3 aromatic rings. The van der Waals surface area contributed by atoms with E-state index >= 15 is 0 Å². The summed E-state index contributed by atoms with van der Waals surface area (Å²) in [6, 6.07) is 12.7. The number of anilines is 1. The van der Waals surface area contributed by atoms with E-state index in [1.807, 2.05) is 24.3 Å². The lowest BCUT2D eigenvalue weighted by atomic mass is 9.87. The molecule has 0 aliphatic carbocycles. The Hall–Kier alpha value is -3.15. The van der Waals surface area contributed by atoms with Crippen molar-refractivity contribution in [2.75, 3.05) is 11.9 Å². The van der Waals surface area contributed by atoms with Crippen molar-refractivity contribution >= 4 is 22.6 Å². The maximum Gasteiger partial charge on any atom is 0.314 e. The standard InChI is InChI=1S/C20H21N3O3/c1-20(2,3)13-6-8-14(9-7-13)23(4)19(26)12-5-10-15-16(11-12)22-18(25)17(24)21-15/h5-11H,1-4H3,(H,21,24)(H,22,25). The lowest BCUT2D eigenvalue weighted by Crippen LogP contribution is -2.29. The molecule has 3 rings (SSSR count). The molecule has 6 heteroatoms. The number of carbonyl (C=O) groups excluding carboxylic acids is 1. The molecule has 0 saturated carbocycles. The Morgan fingerprint density at radius 2 is 1.46 bits per heavy atom. The second-order valence-corrected chi connectivity index (χ2v) is 7.33. The van der Waals surface area contributed by atoms with Gasteiger partial charge in [-0.15, -0.1) is 0 Å². The molecule has 1 aromatic heterocycles. The molecule has 0 aliphatic rings. The molecule has 2 N–H and O–H groups in total. The van der Waals surface area contributed by atoms with Crippen molar-refractivity contribution in [3.05, 3.63) is 74.3 Å². The monoisotopic (exact) mass is 351 g/mol. The van der Waals surface area contributed by atoms with Gasteiger partial charge in [0.25, 0.3) is 5.91 Å². The Balaban J connectivity index is 1.93. The molecule has 0 saturated heterocycles. The number of aromatic amines is 2. The molecule has 0 atom stereocenters. The fourth-order valence-electron chi connectivity index (χ4n) is 2.74. The number of amides is 1. The van der Waals surface area contributed by atoms with E-state index < -0.39 is 11.1 Å². The van der Waals surface area contributed by atoms with Crippen LogP contribution in [-0.4, -0.2) is 22.9 Å². The van der Waals surface area contributed by atoms with Crippen LogP contribution >= 0.6 is 0 Å². The highest BCUT2D eigenvalue weighted by atomic mass is 16.2. The van der Waals surface area contributed by atoms with E-state index in [4.69, 9.17) is 0 Å². The third-order valence-electron chi connectivity index (χ3n) is 4.39. The van der Waals surface area contributed by atoms with Crippen LogP contribution in [0.1, 0.15) is 36.7 Å². The van der Waals surface area contributed by atoms with Crippen LogP contribution in [0.4, 0.5) is 5.69 Å². The lowest BCUT2D eigenvalue weighted by molar-refractivity contribution is 0.0993. The zero-order valence-corrected chi connectivity index (χ0v) is 15.2. The summed E-state index contributed by atoms with van der Waals surface area (Å²) >= 11 is 0. The molecule has 0 spiro atoms. The highest BCUT2D eigenvalue weighted by Crippen LogP contribution is 2.25. The number of hydrogen-bond donors (Lipinski definition) is 2. The number of benzene rings is 2. The van der Waals surface area contributed by atoms with Gasteiger partial charge in [-0.1, -0.05) is 32.9 Å². The summed E-state index contributed by atoms with van der Waals surface area (Å²) in [5.74, 6) is -0.206. The van der Waals surface area contributed by atoms with Crippen LogP contribution < -0.4 is 16.0 Å². The SMILES string of the molecule is CN(C(=O)c1ccc2[nH]c(=O)c(=O)[nH]c2c1)c1ccc(C(C)(C)C)cc1. The Kier molecular flexibility index (Phi) is 4.28. The summed E-state index contributed by atoms with van der Waals surface area (Å²) in [6.45, 7) is 6.41. The summed E-state index contributed by atoms with van der Waals surface area (Å²) in [5, 5.41) is 0. The highest BCUT2D eigenvalue weighted by Gasteiger charge is 2.17. The predicted octanol–water partition coefficient (Wildman–Crippen LogP) is 2.79. The third-order valence-corrected chi connectivity index (χ3v) is 4.39. The molecule has 6 nitrogen and oxygen atoms in total. The van der Waals surface area contributed by atoms with E-state index in [9.17, 15) is 14.4 Å². The van der Waals surface area contributed by atoms with Crippen molar-refractivity contribution < 1.29 is 4.79 Å². The Morgan fingerprint density at radius 3 is 2.04 bits per heavy atom. The Bertz CT molecular complexity index is 1090. The molecule has 2 aromatic carbocycles. The zero-order chi connectivity index (χ0) is 19.1. The average Bonchev–Trinajstić information content (AvgIpc) is 2.60. The van der Waals surface area contributed by atoms with Gasteiger partial charge in [0, 0.05) is 18.3 Å². The van der Waals surface area contributed by atoms with E-state index in [2.05, 4.69) is 30.7 Å². The highest BCUT2D eigenvalue weighted by molar-refractivity contribution is 6.07. The number of nitrogens with zero attached hydrogens (tertiary/aromatic N) is 1. The minimum atomic E-state index is -0.742. The molecule has 0 unspecified atom stereocenters. The maximum atomic E-state index is 12.8. The van der Waals surface area contributed by atoms with E-state index in [0.29, 0.717) is 16.6 Å². The molecule has 0 fully saturated rings. The topological polar surface area (TPSA) is 86.0 Å². The first kappa shape index (κ1) is 17.7. The van der Waals surface area contributed by atoms with E-state index in [-0.39, 0.29) is 11.3 Å². The van der Waals surface area contributed by atoms with Crippen LogP contribution in [0.15, 0.2) is 52.1 Å². The molecule has 0 aliphatic heterocycles. The number of nitrogens with one attached hydrogen (secondary N) is 2. The normalized spacial score (nSPS) is 11.5. The molecule has 26 heavy (non-hydrogen) atoms. The zero-order valence-electron chi connectivity index (χ0n) is 15.2. The first-order valence-electron chi connectivity index (χ1n) is 8.32. The van der Waals surface area contributed by atoms with Crippen molar-refractivity contribution in [2.24, 2.45) is 0 Å². The fourth-order valence-corrected chi connectivity index (χ4v) is 2.74. The molecule has 1 heterocycles. The van der Waals surface area contributed by atoms with Crippen LogP contribution in [0, 0.1) is 0 Å². The van der Waals surface area contributed by atoms with Crippen molar-refractivity contribution in [3.8, 4) is 0 Å². The second-order valence-electron chi connectivity index (χ2n) is 7.33. The number of aromatic nitrogens is 2. The van der Waals surface area contributed by atoms with Crippen LogP contribution in [0.25, 0.3) is 11.0 Å². The van der Waals surface area contributed by atoms with Gasteiger partial charge in [0.05, 0.1) is 11.0 Å². The second kappa shape index (κ2) is 6.29. The first-order valence-corrected chi connectivity index (χ1v) is 8.32. The van der Waals surface area contributed by atoms with Gasteiger partial charge in [-0.05, 0) is 41.3 Å². The number of hydrogen-bond acceptors (Lipinski definition) is 3. The Labute approximate surface area is 150 Å². The van der Waals surface area contributed by atoms with E-state index in [0.717, 1.165) is 5.69 Å². The van der Waals surface area contributed by atoms with E-state index in [1.54, 1.807) is 30.1 Å². The van der Waals surface area contributed by atoms with Gasteiger partial charge in [0.1, 0.15) is 0 Å². The number of H-pyrrole nitrogens is 2. The first-order chi connectivity index (χ1) is 12.2. The molecular weight excluding hydrogens is 330 g/mol. The molecule has 0 bridgehead atoms. The van der Waals surface area contributed by atoms with Crippen LogP contribution in [0.5, 0.6) is 0 Å². The van der Waals surface area contributed by atoms with Crippen LogP contribution in [-0.2, 0) is 5.41 Å². The average molecular weight is 351 g/mol. The number of fused-ring (bicyclic) bond motifs is 1. The van der Waals surface area contributed by atoms with Crippen LogP contribution in [0.3, 0.4) is 0 Å². The number of rotatable bonds is 2. The smallest absolute Gasteiger partial charge is 0.314 e. The minimum Gasteiger partial charge on any atom is -0.316 e. The maximum absolute atomic E-state index is 12.8. The lowest BCUT2D eigenvalue weighted by Gasteiger charge is -2.22. The van der Waals surface area contributed by atoms with E-state index in [1.165, 1.54) is 5.56 Å². The Morgan fingerprint density at radius 1 is 0.885 bits per heavy atom.